The molecule has 1 unspecified atom stereocenters. The number of ether oxygens (including phenoxy) is 2. The molecule has 0 radical (unpaired) electrons. The molecule has 2 rings (SSSR count). The second-order valence-electron chi connectivity index (χ2n) is 5.21. The number of benzene rings is 1. The number of hydrogen-bond donors (Lipinski definition) is 0. The lowest BCUT2D eigenvalue weighted by Gasteiger charge is -2.25. The Hall–Kier alpha value is -3.49. The van der Waals surface area contributed by atoms with E-state index in [2.05, 4.69) is 9.72 Å². The van der Waals surface area contributed by atoms with Crippen molar-refractivity contribution in [2.24, 2.45) is 0 Å². The summed E-state index contributed by atoms with van der Waals surface area (Å²) >= 11 is 0. The van der Waals surface area contributed by atoms with Gasteiger partial charge in [-0.25, -0.2) is 19.5 Å². The van der Waals surface area contributed by atoms with E-state index in [0.29, 0.717) is 0 Å². The molecular weight excluding hydrogens is 342 g/mol. The molecule has 0 N–H and O–H groups in total. The Labute approximate surface area is 149 Å². The number of amides is 1. The maximum Gasteiger partial charge on any atom is 0.416 e. The van der Waals surface area contributed by atoms with Gasteiger partial charge in [0.1, 0.15) is 12.6 Å². The topological polar surface area (TPSA) is 112 Å². The first kappa shape index (κ1) is 18.8. The summed E-state index contributed by atoms with van der Waals surface area (Å²) < 4.78 is 9.85. The Bertz CT molecular complexity index is 796. The summed E-state index contributed by atoms with van der Waals surface area (Å²) in [5, 5.41) is 11.3. The van der Waals surface area contributed by atoms with Gasteiger partial charge in [0.15, 0.2) is 0 Å². The molecule has 0 saturated carbocycles. The predicted octanol–water partition coefficient (Wildman–Crippen LogP) is 2.69. The van der Waals surface area contributed by atoms with Crippen molar-refractivity contribution in [3.8, 4) is 0 Å². The number of aromatic nitrogens is 1. The molecular formula is C17H17N3O6. The number of anilines is 1. The van der Waals surface area contributed by atoms with Crippen LogP contribution in [0.5, 0.6) is 0 Å². The Morgan fingerprint density at radius 3 is 2.54 bits per heavy atom. The number of nitrogens with zero attached hydrogens (tertiary/aromatic N) is 3. The maximum absolute atomic E-state index is 12.6. The fourth-order valence-electron chi connectivity index (χ4n) is 2.21. The molecule has 0 fully saturated rings. The van der Waals surface area contributed by atoms with Gasteiger partial charge in [-0.2, -0.15) is 0 Å². The summed E-state index contributed by atoms with van der Waals surface area (Å²) in [5.74, 6) is -1.06. The van der Waals surface area contributed by atoms with E-state index >= 15 is 0 Å². The molecule has 9 heteroatoms. The van der Waals surface area contributed by atoms with Gasteiger partial charge in [0, 0.05) is 12.3 Å². The van der Waals surface area contributed by atoms with Crippen molar-refractivity contribution >= 4 is 23.6 Å². The molecule has 0 bridgehead atoms. The van der Waals surface area contributed by atoms with Gasteiger partial charge in [0.05, 0.1) is 12.0 Å². The zero-order valence-corrected chi connectivity index (χ0v) is 14.2. The normalized spacial score (nSPS) is 11.3. The van der Waals surface area contributed by atoms with E-state index in [4.69, 9.17) is 4.74 Å². The fourth-order valence-corrected chi connectivity index (χ4v) is 2.21. The average Bonchev–Trinajstić information content (AvgIpc) is 2.66. The molecule has 136 valence electrons. The van der Waals surface area contributed by atoms with Crippen molar-refractivity contribution in [3.63, 3.8) is 0 Å². The van der Waals surface area contributed by atoms with Crippen LogP contribution in [0.4, 0.5) is 16.3 Å². The monoisotopic (exact) mass is 359 g/mol. The Morgan fingerprint density at radius 2 is 1.92 bits per heavy atom. The molecule has 0 saturated heterocycles. The number of methoxy groups -OCH3 is 1. The molecule has 26 heavy (non-hydrogen) atoms. The highest BCUT2D eigenvalue weighted by Crippen LogP contribution is 2.27. The molecule has 0 aliphatic heterocycles. The van der Waals surface area contributed by atoms with E-state index in [1.807, 2.05) is 6.07 Å². The van der Waals surface area contributed by atoms with Gasteiger partial charge < -0.3 is 9.47 Å². The van der Waals surface area contributed by atoms with Gasteiger partial charge in [-0.05, 0) is 18.6 Å². The maximum atomic E-state index is 12.6. The SMILES string of the molecule is COC(=O)C(C)N(C(=O)OCc1ccccc1)c1ncccc1[N+](=O)[O-]. The van der Waals surface area contributed by atoms with E-state index in [1.54, 1.807) is 24.3 Å². The lowest BCUT2D eigenvalue weighted by Crippen LogP contribution is -2.45. The highest BCUT2D eigenvalue weighted by atomic mass is 16.6. The second-order valence-corrected chi connectivity index (χ2v) is 5.21. The van der Waals surface area contributed by atoms with Crippen molar-refractivity contribution < 1.29 is 24.0 Å². The van der Waals surface area contributed by atoms with E-state index in [-0.39, 0.29) is 12.4 Å². The first-order valence-corrected chi connectivity index (χ1v) is 7.62. The van der Waals surface area contributed by atoms with Gasteiger partial charge >= 0.3 is 17.7 Å². The average molecular weight is 359 g/mol. The van der Waals surface area contributed by atoms with Crippen LogP contribution in [0, 0.1) is 10.1 Å². The zero-order chi connectivity index (χ0) is 19.1. The number of pyridine rings is 1. The molecule has 2 aromatic rings. The van der Waals surface area contributed by atoms with E-state index in [9.17, 15) is 19.7 Å². The minimum Gasteiger partial charge on any atom is -0.467 e. The molecule has 1 atom stereocenters. The number of hydrogen-bond acceptors (Lipinski definition) is 7. The minimum absolute atomic E-state index is 0.0648. The van der Waals surface area contributed by atoms with Crippen LogP contribution in [-0.4, -0.2) is 35.1 Å². The van der Waals surface area contributed by atoms with Crippen LogP contribution in [0.2, 0.25) is 0 Å². The van der Waals surface area contributed by atoms with Crippen LogP contribution in [0.25, 0.3) is 0 Å². The van der Waals surface area contributed by atoms with Crippen LogP contribution in [0.3, 0.4) is 0 Å². The largest absolute Gasteiger partial charge is 0.467 e. The van der Waals surface area contributed by atoms with Gasteiger partial charge in [0.25, 0.3) is 0 Å². The zero-order valence-electron chi connectivity index (χ0n) is 14.2. The molecule has 0 aliphatic carbocycles. The van der Waals surface area contributed by atoms with E-state index < -0.39 is 28.7 Å². The summed E-state index contributed by atoms with van der Waals surface area (Å²) in [6, 6.07) is 10.3. The van der Waals surface area contributed by atoms with Crippen molar-refractivity contribution in [1.82, 2.24) is 4.98 Å². The van der Waals surface area contributed by atoms with E-state index in [1.165, 1.54) is 25.3 Å². The first-order valence-electron chi connectivity index (χ1n) is 7.62. The highest BCUT2D eigenvalue weighted by Gasteiger charge is 2.35. The number of carbonyl (C=O) groups is 2. The van der Waals surface area contributed by atoms with Crippen molar-refractivity contribution in [1.29, 1.82) is 0 Å². The third-order valence-electron chi connectivity index (χ3n) is 3.52. The molecule has 0 spiro atoms. The van der Waals surface area contributed by atoms with Crippen LogP contribution in [0.15, 0.2) is 48.7 Å². The van der Waals surface area contributed by atoms with E-state index in [0.717, 1.165) is 17.6 Å². The summed E-state index contributed by atoms with van der Waals surface area (Å²) in [6.07, 6.45) is 0.331. The number of carbonyl (C=O) groups excluding carboxylic acids is 2. The number of esters is 1. The van der Waals surface area contributed by atoms with Crippen molar-refractivity contribution in [3.05, 3.63) is 64.3 Å². The van der Waals surface area contributed by atoms with Gasteiger partial charge in [-0.15, -0.1) is 0 Å². The fraction of sp³-hybridized carbons (Fsp3) is 0.235. The van der Waals surface area contributed by atoms with Gasteiger partial charge in [-0.3, -0.25) is 10.1 Å². The van der Waals surface area contributed by atoms with Crippen LogP contribution >= 0.6 is 0 Å². The lowest BCUT2D eigenvalue weighted by molar-refractivity contribution is -0.384. The highest BCUT2D eigenvalue weighted by molar-refractivity contribution is 5.96. The second kappa shape index (κ2) is 8.56. The minimum atomic E-state index is -1.17. The summed E-state index contributed by atoms with van der Waals surface area (Å²) in [7, 11) is 1.15. The van der Waals surface area contributed by atoms with Crippen LogP contribution in [-0.2, 0) is 20.9 Å². The molecule has 1 amide bonds. The molecule has 9 nitrogen and oxygen atoms in total. The third-order valence-corrected chi connectivity index (χ3v) is 3.52. The quantitative estimate of drug-likeness (QED) is 0.443. The summed E-state index contributed by atoms with van der Waals surface area (Å²) in [6.45, 7) is 1.30. The first-order chi connectivity index (χ1) is 12.5. The van der Waals surface area contributed by atoms with Crippen molar-refractivity contribution in [2.75, 3.05) is 12.0 Å². The van der Waals surface area contributed by atoms with Crippen LogP contribution < -0.4 is 4.90 Å². The Balaban J connectivity index is 2.34. The summed E-state index contributed by atoms with van der Waals surface area (Å²) in [4.78, 5) is 39.8. The Kier molecular flexibility index (Phi) is 6.20. The lowest BCUT2D eigenvalue weighted by atomic mass is 10.2. The smallest absolute Gasteiger partial charge is 0.416 e. The summed E-state index contributed by atoms with van der Waals surface area (Å²) in [5.41, 5.74) is 0.293. The van der Waals surface area contributed by atoms with Gasteiger partial charge in [-0.1, -0.05) is 30.3 Å². The molecule has 1 heterocycles. The van der Waals surface area contributed by atoms with Gasteiger partial charge in [0.2, 0.25) is 5.82 Å². The molecule has 0 aliphatic rings. The molecule has 1 aromatic heterocycles. The third kappa shape index (κ3) is 4.32. The standard InChI is InChI=1S/C17H17N3O6/c1-12(16(21)25-2)19(15-14(20(23)24)9-6-10-18-15)17(22)26-11-13-7-4-3-5-8-13/h3-10,12H,11H2,1-2H3. The molecule has 1 aromatic carbocycles. The number of rotatable bonds is 6. The van der Waals surface area contributed by atoms with Crippen molar-refractivity contribution in [2.45, 2.75) is 19.6 Å². The number of nitro groups is 1. The predicted molar refractivity (Wildman–Crippen MR) is 91.5 cm³/mol. The van der Waals surface area contributed by atoms with Crippen LogP contribution in [0.1, 0.15) is 12.5 Å². The Morgan fingerprint density at radius 1 is 1.23 bits per heavy atom.